The number of hydrogen-bond acceptors (Lipinski definition) is 3. The molecule has 0 aliphatic rings. The first-order chi connectivity index (χ1) is 9.60. The second-order valence-electron chi connectivity index (χ2n) is 4.86. The molecule has 0 unspecified atom stereocenters. The van der Waals surface area contributed by atoms with E-state index >= 15 is 0 Å². The maximum atomic E-state index is 12.0. The van der Waals surface area contributed by atoms with Crippen LogP contribution in [0, 0.1) is 13.8 Å². The van der Waals surface area contributed by atoms with Crippen molar-refractivity contribution in [1.29, 1.82) is 0 Å². The molecule has 0 saturated carbocycles. The Morgan fingerprint density at radius 3 is 2.40 bits per heavy atom. The van der Waals surface area contributed by atoms with Gasteiger partial charge in [0.05, 0.1) is 5.56 Å². The Morgan fingerprint density at radius 2 is 1.85 bits per heavy atom. The molecule has 1 aromatic carbocycles. The molecule has 2 rings (SSSR count). The third-order valence-corrected chi connectivity index (χ3v) is 3.19. The minimum Gasteiger partial charge on any atom is -0.466 e. The van der Waals surface area contributed by atoms with Crippen molar-refractivity contribution in [1.82, 2.24) is 5.32 Å². The number of rotatable bonds is 5. The van der Waals surface area contributed by atoms with Gasteiger partial charge in [-0.3, -0.25) is 4.79 Å². The first-order valence-electron chi connectivity index (χ1n) is 6.73. The van der Waals surface area contributed by atoms with Gasteiger partial charge in [0.15, 0.2) is 0 Å². The van der Waals surface area contributed by atoms with Crippen LogP contribution in [0.4, 0.5) is 0 Å². The van der Waals surface area contributed by atoms with Gasteiger partial charge in [0.1, 0.15) is 11.5 Å². The third-order valence-electron chi connectivity index (χ3n) is 3.19. The molecule has 0 aliphatic carbocycles. The second kappa shape index (κ2) is 6.39. The number of carbonyl (C=O) groups excluding carboxylic acids is 1. The summed E-state index contributed by atoms with van der Waals surface area (Å²) >= 11 is 0. The van der Waals surface area contributed by atoms with E-state index < -0.39 is 0 Å². The predicted molar refractivity (Wildman–Crippen MR) is 78.6 cm³/mol. The van der Waals surface area contributed by atoms with Gasteiger partial charge < -0.3 is 15.5 Å². The number of furan rings is 1. The maximum absolute atomic E-state index is 12.0. The van der Waals surface area contributed by atoms with Crippen LogP contribution < -0.4 is 11.1 Å². The minimum absolute atomic E-state index is 0.106. The van der Waals surface area contributed by atoms with Crippen LogP contribution in [0.5, 0.6) is 0 Å². The number of carbonyl (C=O) groups is 1. The standard InChI is InChI=1S/C16H20N2O2/c1-11-9-15(12(2)20-11)16(19)18-10-14-5-3-13(4-6-14)7-8-17/h3-6,9H,7-8,10,17H2,1-2H3,(H,18,19). The van der Waals surface area contributed by atoms with E-state index in [0.29, 0.717) is 24.4 Å². The van der Waals surface area contributed by atoms with Crippen LogP contribution in [-0.2, 0) is 13.0 Å². The van der Waals surface area contributed by atoms with Gasteiger partial charge in [0.2, 0.25) is 0 Å². The Kier molecular flexibility index (Phi) is 4.58. The van der Waals surface area contributed by atoms with Crippen molar-refractivity contribution in [3.63, 3.8) is 0 Å². The van der Waals surface area contributed by atoms with Gasteiger partial charge in [-0.2, -0.15) is 0 Å². The molecule has 3 N–H and O–H groups in total. The van der Waals surface area contributed by atoms with Crippen molar-refractivity contribution in [3.8, 4) is 0 Å². The number of nitrogens with one attached hydrogen (secondary N) is 1. The summed E-state index contributed by atoms with van der Waals surface area (Å²) in [6.07, 6.45) is 0.875. The van der Waals surface area contributed by atoms with Crippen molar-refractivity contribution in [3.05, 3.63) is 58.5 Å². The second-order valence-corrected chi connectivity index (χ2v) is 4.86. The summed E-state index contributed by atoms with van der Waals surface area (Å²) in [6.45, 7) is 4.78. The summed E-state index contributed by atoms with van der Waals surface area (Å²) in [5.74, 6) is 1.29. The lowest BCUT2D eigenvalue weighted by Gasteiger charge is -2.06. The fraction of sp³-hybridized carbons (Fsp3) is 0.312. The highest BCUT2D eigenvalue weighted by Crippen LogP contribution is 2.13. The van der Waals surface area contributed by atoms with Crippen molar-refractivity contribution in [2.75, 3.05) is 6.54 Å². The average Bonchev–Trinajstić information content (AvgIpc) is 2.77. The fourth-order valence-corrected chi connectivity index (χ4v) is 2.12. The number of amides is 1. The van der Waals surface area contributed by atoms with E-state index in [4.69, 9.17) is 10.2 Å². The molecule has 2 aromatic rings. The van der Waals surface area contributed by atoms with E-state index in [1.165, 1.54) is 5.56 Å². The van der Waals surface area contributed by atoms with Crippen molar-refractivity contribution in [2.45, 2.75) is 26.8 Å². The van der Waals surface area contributed by atoms with Gasteiger partial charge in [-0.15, -0.1) is 0 Å². The monoisotopic (exact) mass is 272 g/mol. The highest BCUT2D eigenvalue weighted by Gasteiger charge is 2.12. The molecule has 1 heterocycles. The molecule has 0 aliphatic heterocycles. The Morgan fingerprint density at radius 1 is 1.20 bits per heavy atom. The predicted octanol–water partition coefficient (Wildman–Crippen LogP) is 2.33. The SMILES string of the molecule is Cc1cc(C(=O)NCc2ccc(CCN)cc2)c(C)o1. The zero-order valence-corrected chi connectivity index (χ0v) is 11.9. The first-order valence-corrected chi connectivity index (χ1v) is 6.73. The summed E-state index contributed by atoms with van der Waals surface area (Å²) in [7, 11) is 0. The summed E-state index contributed by atoms with van der Waals surface area (Å²) in [5, 5.41) is 2.90. The summed E-state index contributed by atoms with van der Waals surface area (Å²) in [6, 6.07) is 9.87. The summed E-state index contributed by atoms with van der Waals surface area (Å²) in [4.78, 5) is 12.0. The summed E-state index contributed by atoms with van der Waals surface area (Å²) < 4.78 is 5.36. The molecule has 0 bridgehead atoms. The highest BCUT2D eigenvalue weighted by atomic mass is 16.3. The highest BCUT2D eigenvalue weighted by molar-refractivity contribution is 5.95. The molecule has 0 atom stereocenters. The van der Waals surface area contributed by atoms with Gasteiger partial charge in [-0.1, -0.05) is 24.3 Å². The number of benzene rings is 1. The maximum Gasteiger partial charge on any atom is 0.255 e. The van der Waals surface area contributed by atoms with Crippen LogP contribution >= 0.6 is 0 Å². The zero-order valence-electron chi connectivity index (χ0n) is 11.9. The van der Waals surface area contributed by atoms with E-state index in [2.05, 4.69) is 5.32 Å². The molecule has 1 amide bonds. The minimum atomic E-state index is -0.106. The van der Waals surface area contributed by atoms with Crippen molar-refractivity contribution >= 4 is 5.91 Å². The number of nitrogens with two attached hydrogens (primary N) is 1. The molecular weight excluding hydrogens is 252 g/mol. The molecule has 0 saturated heterocycles. The molecule has 106 valence electrons. The summed E-state index contributed by atoms with van der Waals surface area (Å²) in [5.41, 5.74) is 8.39. The molecule has 0 fully saturated rings. The van der Waals surface area contributed by atoms with Crippen LogP contribution in [0.25, 0.3) is 0 Å². The number of aryl methyl sites for hydroxylation is 2. The van der Waals surface area contributed by atoms with E-state index in [9.17, 15) is 4.79 Å². The van der Waals surface area contributed by atoms with E-state index in [-0.39, 0.29) is 5.91 Å². The third kappa shape index (κ3) is 3.48. The van der Waals surface area contributed by atoms with Gasteiger partial charge in [-0.25, -0.2) is 0 Å². The first kappa shape index (κ1) is 14.3. The smallest absolute Gasteiger partial charge is 0.255 e. The van der Waals surface area contributed by atoms with E-state index in [1.807, 2.05) is 31.2 Å². The van der Waals surface area contributed by atoms with Gasteiger partial charge in [0.25, 0.3) is 5.91 Å². The fourth-order valence-electron chi connectivity index (χ4n) is 2.12. The van der Waals surface area contributed by atoms with Crippen molar-refractivity contribution < 1.29 is 9.21 Å². The van der Waals surface area contributed by atoms with Crippen LogP contribution in [0.3, 0.4) is 0 Å². The largest absolute Gasteiger partial charge is 0.466 e. The molecule has 4 heteroatoms. The lowest BCUT2D eigenvalue weighted by Crippen LogP contribution is -2.22. The van der Waals surface area contributed by atoms with Crippen LogP contribution in [-0.4, -0.2) is 12.5 Å². The molecule has 0 radical (unpaired) electrons. The Balaban J connectivity index is 1.94. The Hall–Kier alpha value is -2.07. The molecule has 20 heavy (non-hydrogen) atoms. The van der Waals surface area contributed by atoms with E-state index in [0.717, 1.165) is 17.7 Å². The van der Waals surface area contributed by atoms with Crippen molar-refractivity contribution in [2.24, 2.45) is 5.73 Å². The van der Waals surface area contributed by atoms with Crippen LogP contribution in [0.2, 0.25) is 0 Å². The van der Waals surface area contributed by atoms with Gasteiger partial charge in [0, 0.05) is 6.54 Å². The van der Waals surface area contributed by atoms with Gasteiger partial charge in [-0.05, 0) is 44.0 Å². The Labute approximate surface area is 119 Å². The molecule has 1 aromatic heterocycles. The van der Waals surface area contributed by atoms with Gasteiger partial charge >= 0.3 is 0 Å². The zero-order chi connectivity index (χ0) is 14.5. The lowest BCUT2D eigenvalue weighted by molar-refractivity contribution is 0.0949. The van der Waals surface area contributed by atoms with Crippen LogP contribution in [0.15, 0.2) is 34.7 Å². The number of hydrogen-bond donors (Lipinski definition) is 2. The normalized spacial score (nSPS) is 10.6. The Bertz CT molecular complexity index is 585. The van der Waals surface area contributed by atoms with E-state index in [1.54, 1.807) is 13.0 Å². The lowest BCUT2D eigenvalue weighted by atomic mass is 10.1. The quantitative estimate of drug-likeness (QED) is 0.877. The topological polar surface area (TPSA) is 68.3 Å². The van der Waals surface area contributed by atoms with Crippen LogP contribution in [0.1, 0.15) is 33.0 Å². The molecule has 4 nitrogen and oxygen atoms in total. The molecule has 0 spiro atoms. The molecular formula is C16H20N2O2. The average molecular weight is 272 g/mol.